The molecule has 0 saturated carbocycles. The molecule has 126 valence electrons. The van der Waals surface area contributed by atoms with Gasteiger partial charge in [0.2, 0.25) is 5.91 Å². The molecule has 1 aromatic rings. The molecule has 3 rings (SSSR count). The average Bonchev–Trinajstić information content (AvgIpc) is 3.05. The van der Waals surface area contributed by atoms with Gasteiger partial charge in [-0.2, -0.15) is 0 Å². The minimum atomic E-state index is -0.220. The molecule has 5 nitrogen and oxygen atoms in total. The first-order chi connectivity index (χ1) is 11.0. The van der Waals surface area contributed by atoms with Gasteiger partial charge in [0.1, 0.15) is 12.2 Å². The van der Waals surface area contributed by atoms with Gasteiger partial charge in [-0.05, 0) is 46.0 Å². The van der Waals surface area contributed by atoms with Crippen molar-refractivity contribution in [3.8, 4) is 0 Å². The Bertz CT molecular complexity index is 592. The van der Waals surface area contributed by atoms with Gasteiger partial charge in [-0.3, -0.25) is 4.79 Å². The van der Waals surface area contributed by atoms with Crippen molar-refractivity contribution < 1.29 is 4.79 Å². The standard InChI is InChI=1S/C18H28N4O/c1-14(2)22-13-19-20-16(22)15-8-7-11-21(12-15)17(23)18(3)9-5-4-6-10-18/h4-5,13-15H,6-12H2,1-3H3. The molecule has 0 aromatic carbocycles. The number of rotatable bonds is 3. The third-order valence-corrected chi connectivity index (χ3v) is 5.35. The van der Waals surface area contributed by atoms with Crippen LogP contribution in [0.25, 0.3) is 0 Å². The fourth-order valence-corrected chi connectivity index (χ4v) is 3.86. The summed E-state index contributed by atoms with van der Waals surface area (Å²) in [6.45, 7) is 8.08. The highest BCUT2D eigenvalue weighted by Gasteiger charge is 2.38. The lowest BCUT2D eigenvalue weighted by Gasteiger charge is -2.39. The summed E-state index contributed by atoms with van der Waals surface area (Å²) in [6, 6.07) is 0.354. The SMILES string of the molecule is CC(C)n1cnnc1C1CCCN(C(=O)C2(C)CC=CCC2)C1. The van der Waals surface area contributed by atoms with E-state index in [4.69, 9.17) is 0 Å². The normalized spacial score (nSPS) is 28.3. The minimum Gasteiger partial charge on any atom is -0.341 e. The van der Waals surface area contributed by atoms with Gasteiger partial charge in [0.15, 0.2) is 0 Å². The second-order valence-electron chi connectivity index (χ2n) is 7.56. The number of amides is 1. The van der Waals surface area contributed by atoms with E-state index in [1.54, 1.807) is 0 Å². The van der Waals surface area contributed by atoms with Crippen LogP contribution in [0.3, 0.4) is 0 Å². The van der Waals surface area contributed by atoms with Gasteiger partial charge in [-0.1, -0.05) is 19.1 Å². The zero-order valence-electron chi connectivity index (χ0n) is 14.5. The second-order valence-corrected chi connectivity index (χ2v) is 7.56. The van der Waals surface area contributed by atoms with Crippen molar-refractivity contribution in [1.82, 2.24) is 19.7 Å². The quantitative estimate of drug-likeness (QED) is 0.804. The molecule has 2 heterocycles. The third kappa shape index (κ3) is 3.19. The molecule has 1 saturated heterocycles. The molecule has 1 aliphatic heterocycles. The van der Waals surface area contributed by atoms with E-state index in [9.17, 15) is 4.79 Å². The molecule has 0 bridgehead atoms. The maximum Gasteiger partial charge on any atom is 0.228 e. The Morgan fingerprint density at radius 3 is 2.91 bits per heavy atom. The molecule has 5 heteroatoms. The maximum atomic E-state index is 13.1. The van der Waals surface area contributed by atoms with E-state index in [-0.39, 0.29) is 5.41 Å². The van der Waals surface area contributed by atoms with Gasteiger partial charge >= 0.3 is 0 Å². The van der Waals surface area contributed by atoms with Crippen LogP contribution in [0.5, 0.6) is 0 Å². The van der Waals surface area contributed by atoms with Crippen LogP contribution < -0.4 is 0 Å². The number of carbonyl (C=O) groups excluding carboxylic acids is 1. The molecule has 1 amide bonds. The van der Waals surface area contributed by atoms with E-state index in [0.29, 0.717) is 17.9 Å². The first-order valence-electron chi connectivity index (χ1n) is 8.85. The predicted octanol–water partition coefficient (Wildman–Crippen LogP) is 3.31. The number of nitrogens with zero attached hydrogens (tertiary/aromatic N) is 4. The molecule has 0 spiro atoms. The van der Waals surface area contributed by atoms with Crippen molar-refractivity contribution in [2.24, 2.45) is 5.41 Å². The summed E-state index contributed by atoms with van der Waals surface area (Å²) < 4.78 is 2.14. The minimum absolute atomic E-state index is 0.220. The summed E-state index contributed by atoms with van der Waals surface area (Å²) in [5, 5.41) is 8.44. The average molecular weight is 316 g/mol. The van der Waals surface area contributed by atoms with Crippen LogP contribution in [0.1, 0.15) is 70.7 Å². The number of aromatic nitrogens is 3. The predicted molar refractivity (Wildman–Crippen MR) is 90.1 cm³/mol. The molecule has 1 fully saturated rings. The molecule has 1 aromatic heterocycles. The summed E-state index contributed by atoms with van der Waals surface area (Å²) in [5.41, 5.74) is -0.220. The zero-order valence-corrected chi connectivity index (χ0v) is 14.5. The highest BCUT2D eigenvalue weighted by Crippen LogP contribution is 2.36. The fourth-order valence-electron chi connectivity index (χ4n) is 3.86. The Labute approximate surface area is 138 Å². The van der Waals surface area contributed by atoms with E-state index in [0.717, 1.165) is 51.0 Å². The van der Waals surface area contributed by atoms with E-state index < -0.39 is 0 Å². The van der Waals surface area contributed by atoms with Crippen LogP contribution in [0.2, 0.25) is 0 Å². The lowest BCUT2D eigenvalue weighted by molar-refractivity contribution is -0.143. The van der Waals surface area contributed by atoms with Gasteiger partial charge in [0.25, 0.3) is 0 Å². The van der Waals surface area contributed by atoms with Crippen LogP contribution in [0.15, 0.2) is 18.5 Å². The van der Waals surface area contributed by atoms with E-state index in [2.05, 4.69) is 52.6 Å². The smallest absolute Gasteiger partial charge is 0.228 e. The van der Waals surface area contributed by atoms with Crippen molar-refractivity contribution >= 4 is 5.91 Å². The topological polar surface area (TPSA) is 51.0 Å². The zero-order chi connectivity index (χ0) is 16.4. The third-order valence-electron chi connectivity index (χ3n) is 5.35. The first kappa shape index (κ1) is 16.2. The molecular formula is C18H28N4O. The summed E-state index contributed by atoms with van der Waals surface area (Å²) in [5.74, 6) is 1.66. The Balaban J connectivity index is 1.74. The van der Waals surface area contributed by atoms with Crippen molar-refractivity contribution in [1.29, 1.82) is 0 Å². The maximum absolute atomic E-state index is 13.1. The van der Waals surface area contributed by atoms with Gasteiger partial charge in [0.05, 0.1) is 5.41 Å². The molecular weight excluding hydrogens is 288 g/mol. The van der Waals surface area contributed by atoms with Crippen LogP contribution in [-0.2, 0) is 4.79 Å². The van der Waals surface area contributed by atoms with Crippen LogP contribution >= 0.6 is 0 Å². The largest absolute Gasteiger partial charge is 0.341 e. The highest BCUT2D eigenvalue weighted by molar-refractivity contribution is 5.83. The first-order valence-corrected chi connectivity index (χ1v) is 8.85. The number of hydrogen-bond acceptors (Lipinski definition) is 3. The molecule has 1 aliphatic carbocycles. The Morgan fingerprint density at radius 2 is 2.22 bits per heavy atom. The van der Waals surface area contributed by atoms with Gasteiger partial charge in [-0.25, -0.2) is 0 Å². The Kier molecular flexibility index (Phi) is 4.55. The van der Waals surface area contributed by atoms with E-state index >= 15 is 0 Å². The molecule has 0 N–H and O–H groups in total. The van der Waals surface area contributed by atoms with Gasteiger partial charge in [-0.15, -0.1) is 10.2 Å². The summed E-state index contributed by atoms with van der Waals surface area (Å²) in [6.07, 6.45) is 11.2. The van der Waals surface area contributed by atoms with E-state index in [1.165, 1.54) is 0 Å². The van der Waals surface area contributed by atoms with Crippen molar-refractivity contribution in [3.05, 3.63) is 24.3 Å². The summed E-state index contributed by atoms with van der Waals surface area (Å²) in [4.78, 5) is 15.1. The van der Waals surface area contributed by atoms with E-state index in [1.807, 2.05) is 6.33 Å². The lowest BCUT2D eigenvalue weighted by Crippen LogP contribution is -2.47. The number of carbonyl (C=O) groups is 1. The number of allylic oxidation sites excluding steroid dienone is 2. The second kappa shape index (κ2) is 6.46. The van der Waals surface area contributed by atoms with Gasteiger partial charge in [0, 0.05) is 25.0 Å². The van der Waals surface area contributed by atoms with Crippen LogP contribution in [0, 0.1) is 5.41 Å². The fraction of sp³-hybridized carbons (Fsp3) is 0.722. The number of hydrogen-bond donors (Lipinski definition) is 0. The number of piperidine rings is 1. The number of likely N-dealkylation sites (tertiary alicyclic amines) is 1. The Hall–Kier alpha value is -1.65. The molecule has 2 unspecified atom stereocenters. The summed E-state index contributed by atoms with van der Waals surface area (Å²) in [7, 11) is 0. The molecule has 23 heavy (non-hydrogen) atoms. The lowest BCUT2D eigenvalue weighted by atomic mass is 9.77. The molecule has 2 aliphatic rings. The molecule has 0 radical (unpaired) electrons. The Morgan fingerprint density at radius 1 is 1.39 bits per heavy atom. The molecule has 2 atom stereocenters. The highest BCUT2D eigenvalue weighted by atomic mass is 16.2. The summed E-state index contributed by atoms with van der Waals surface area (Å²) >= 11 is 0. The van der Waals surface area contributed by atoms with Crippen LogP contribution in [0.4, 0.5) is 0 Å². The van der Waals surface area contributed by atoms with Crippen molar-refractivity contribution in [2.75, 3.05) is 13.1 Å². The van der Waals surface area contributed by atoms with Gasteiger partial charge < -0.3 is 9.47 Å². The van der Waals surface area contributed by atoms with Crippen molar-refractivity contribution in [2.45, 2.75) is 64.8 Å². The van der Waals surface area contributed by atoms with Crippen LogP contribution in [-0.4, -0.2) is 38.7 Å². The monoisotopic (exact) mass is 316 g/mol. The van der Waals surface area contributed by atoms with Crippen molar-refractivity contribution in [3.63, 3.8) is 0 Å².